The van der Waals surface area contributed by atoms with E-state index in [2.05, 4.69) is 4.98 Å². The van der Waals surface area contributed by atoms with Crippen LogP contribution in [0.2, 0.25) is 0 Å². The number of carboxylic acids is 1. The Kier molecular flexibility index (Phi) is 2.75. The maximum Gasteiger partial charge on any atom is 0.335 e. The van der Waals surface area contributed by atoms with E-state index >= 15 is 0 Å². The lowest BCUT2D eigenvalue weighted by atomic mass is 10.1. The van der Waals surface area contributed by atoms with Crippen molar-refractivity contribution in [2.75, 3.05) is 0 Å². The van der Waals surface area contributed by atoms with Crippen LogP contribution in [0.1, 0.15) is 10.4 Å². The molecule has 0 fully saturated rings. The van der Waals surface area contributed by atoms with Gasteiger partial charge >= 0.3 is 5.97 Å². The van der Waals surface area contributed by atoms with Crippen LogP contribution in [0.15, 0.2) is 42.7 Å². The molecule has 4 nitrogen and oxygen atoms in total. The zero-order valence-electron chi connectivity index (χ0n) is 10.7. The lowest BCUT2D eigenvalue weighted by Crippen LogP contribution is -1.97. The minimum Gasteiger partial charge on any atom is -0.478 e. The van der Waals surface area contributed by atoms with E-state index in [4.69, 9.17) is 5.11 Å². The fourth-order valence-electron chi connectivity index (χ4n) is 2.28. The molecule has 0 aliphatic carbocycles. The lowest BCUT2D eigenvalue weighted by molar-refractivity contribution is 0.0697. The first-order chi connectivity index (χ1) is 9.56. The van der Waals surface area contributed by atoms with E-state index in [1.54, 1.807) is 6.07 Å². The van der Waals surface area contributed by atoms with Gasteiger partial charge in [0.15, 0.2) is 0 Å². The molecule has 0 radical (unpaired) electrons. The number of benzene rings is 1. The summed E-state index contributed by atoms with van der Waals surface area (Å²) in [5.41, 5.74) is 2.25. The van der Waals surface area contributed by atoms with Crippen LogP contribution in [0, 0.1) is 5.82 Å². The maximum atomic E-state index is 13.4. The Labute approximate surface area is 114 Å². The van der Waals surface area contributed by atoms with Gasteiger partial charge in [-0.15, -0.1) is 0 Å². The summed E-state index contributed by atoms with van der Waals surface area (Å²) in [6.07, 6.45) is 3.26. The van der Waals surface area contributed by atoms with Gasteiger partial charge in [-0.3, -0.25) is 4.98 Å². The van der Waals surface area contributed by atoms with Crippen molar-refractivity contribution in [3.8, 4) is 11.3 Å². The minimum absolute atomic E-state index is 0.156. The Morgan fingerprint density at radius 1 is 1.30 bits per heavy atom. The predicted molar refractivity (Wildman–Crippen MR) is 73.1 cm³/mol. The second-order valence-electron chi connectivity index (χ2n) is 4.55. The molecule has 1 aromatic carbocycles. The molecule has 20 heavy (non-hydrogen) atoms. The fourth-order valence-corrected chi connectivity index (χ4v) is 2.28. The predicted octanol–water partition coefficient (Wildman–Crippen LogP) is 3.08. The van der Waals surface area contributed by atoms with Crippen molar-refractivity contribution in [2.45, 2.75) is 0 Å². The number of aryl methyl sites for hydroxylation is 1. The molecule has 5 heteroatoms. The van der Waals surface area contributed by atoms with Gasteiger partial charge in [0.05, 0.1) is 11.3 Å². The van der Waals surface area contributed by atoms with Crippen LogP contribution in [-0.4, -0.2) is 20.6 Å². The summed E-state index contributed by atoms with van der Waals surface area (Å²) in [4.78, 5) is 15.2. The van der Waals surface area contributed by atoms with Crippen molar-refractivity contribution in [1.82, 2.24) is 9.55 Å². The van der Waals surface area contributed by atoms with Crippen LogP contribution < -0.4 is 0 Å². The molecular formula is C15H11FN2O2. The van der Waals surface area contributed by atoms with Gasteiger partial charge in [-0.1, -0.05) is 0 Å². The topological polar surface area (TPSA) is 55.1 Å². The highest BCUT2D eigenvalue weighted by Crippen LogP contribution is 2.29. The Hall–Kier alpha value is -2.69. The summed E-state index contributed by atoms with van der Waals surface area (Å²) in [6, 6.07) is 7.43. The zero-order chi connectivity index (χ0) is 14.3. The van der Waals surface area contributed by atoms with Gasteiger partial charge in [-0.25, -0.2) is 9.18 Å². The second kappa shape index (κ2) is 4.45. The number of carbonyl (C=O) groups is 1. The average Bonchev–Trinajstić information content (AvgIpc) is 2.75. The Bertz CT molecular complexity index is 824. The highest BCUT2D eigenvalue weighted by molar-refractivity contribution is 5.96. The van der Waals surface area contributed by atoms with E-state index in [0.29, 0.717) is 16.6 Å². The number of aromatic carboxylic acids is 1. The Morgan fingerprint density at radius 2 is 2.10 bits per heavy atom. The summed E-state index contributed by atoms with van der Waals surface area (Å²) in [5.74, 6) is -1.35. The molecule has 0 amide bonds. The number of pyridine rings is 1. The molecule has 0 saturated heterocycles. The number of hydrogen-bond acceptors (Lipinski definition) is 2. The van der Waals surface area contributed by atoms with E-state index in [1.807, 2.05) is 17.8 Å². The van der Waals surface area contributed by atoms with Gasteiger partial charge in [0.2, 0.25) is 0 Å². The number of fused-ring (bicyclic) bond motifs is 1. The van der Waals surface area contributed by atoms with Gasteiger partial charge in [-0.05, 0) is 30.3 Å². The quantitative estimate of drug-likeness (QED) is 0.778. The Balaban J connectivity index is 2.26. The zero-order valence-corrected chi connectivity index (χ0v) is 10.7. The van der Waals surface area contributed by atoms with Crippen molar-refractivity contribution in [2.24, 2.45) is 7.05 Å². The highest BCUT2D eigenvalue weighted by Gasteiger charge is 2.12. The van der Waals surface area contributed by atoms with Crippen LogP contribution in [0.25, 0.3) is 22.2 Å². The minimum atomic E-state index is -1.01. The van der Waals surface area contributed by atoms with Crippen molar-refractivity contribution in [3.05, 3.63) is 54.1 Å². The fraction of sp³-hybridized carbons (Fsp3) is 0.0667. The summed E-state index contributed by atoms with van der Waals surface area (Å²) in [5, 5.41) is 9.74. The summed E-state index contributed by atoms with van der Waals surface area (Å²) >= 11 is 0. The molecule has 0 bridgehead atoms. The number of rotatable bonds is 2. The van der Waals surface area contributed by atoms with Crippen LogP contribution in [-0.2, 0) is 7.05 Å². The molecule has 3 aromatic rings. The number of aromatic nitrogens is 2. The number of nitrogens with zero attached hydrogens (tertiary/aromatic N) is 2. The monoisotopic (exact) mass is 270 g/mol. The first kappa shape index (κ1) is 12.3. The molecular weight excluding hydrogens is 259 g/mol. The maximum absolute atomic E-state index is 13.4. The van der Waals surface area contributed by atoms with Crippen LogP contribution >= 0.6 is 0 Å². The molecule has 0 spiro atoms. The molecule has 3 rings (SSSR count). The van der Waals surface area contributed by atoms with Gasteiger partial charge in [0, 0.05) is 35.9 Å². The number of halogens is 1. The van der Waals surface area contributed by atoms with Crippen LogP contribution in [0.5, 0.6) is 0 Å². The molecule has 2 heterocycles. The SMILES string of the molecule is Cn1cc(-c2cc(C(=O)O)ccn2)c2cc(F)ccc21. The van der Waals surface area contributed by atoms with Gasteiger partial charge < -0.3 is 9.67 Å². The van der Waals surface area contributed by atoms with E-state index in [1.165, 1.54) is 30.5 Å². The van der Waals surface area contributed by atoms with Gasteiger partial charge in [-0.2, -0.15) is 0 Å². The van der Waals surface area contributed by atoms with E-state index < -0.39 is 5.97 Å². The summed E-state index contributed by atoms with van der Waals surface area (Å²) in [6.45, 7) is 0. The molecule has 0 aliphatic heterocycles. The van der Waals surface area contributed by atoms with Crippen LogP contribution in [0.3, 0.4) is 0 Å². The van der Waals surface area contributed by atoms with E-state index in [-0.39, 0.29) is 11.4 Å². The van der Waals surface area contributed by atoms with E-state index in [9.17, 15) is 9.18 Å². The van der Waals surface area contributed by atoms with Gasteiger partial charge in [0.1, 0.15) is 5.82 Å². The molecule has 0 atom stereocenters. The average molecular weight is 270 g/mol. The third kappa shape index (κ3) is 1.93. The third-order valence-electron chi connectivity index (χ3n) is 3.23. The standard InChI is InChI=1S/C15H11FN2O2/c1-18-8-12(11-7-10(16)2-3-14(11)18)13-6-9(15(19)20)4-5-17-13/h2-8H,1H3,(H,19,20). The number of hydrogen-bond donors (Lipinski definition) is 1. The van der Waals surface area contributed by atoms with Crippen molar-refractivity contribution < 1.29 is 14.3 Å². The molecule has 0 aliphatic rings. The number of carboxylic acid groups (broad SMARTS) is 1. The first-order valence-corrected chi connectivity index (χ1v) is 6.00. The van der Waals surface area contributed by atoms with E-state index in [0.717, 1.165) is 5.52 Å². The van der Waals surface area contributed by atoms with Gasteiger partial charge in [0.25, 0.3) is 0 Å². The largest absolute Gasteiger partial charge is 0.478 e. The van der Waals surface area contributed by atoms with Crippen molar-refractivity contribution in [3.63, 3.8) is 0 Å². The van der Waals surface area contributed by atoms with Crippen LogP contribution in [0.4, 0.5) is 4.39 Å². The summed E-state index contributed by atoms with van der Waals surface area (Å²) in [7, 11) is 1.85. The molecule has 1 N–H and O–H groups in total. The molecule has 0 saturated carbocycles. The second-order valence-corrected chi connectivity index (χ2v) is 4.55. The van der Waals surface area contributed by atoms with Crippen molar-refractivity contribution in [1.29, 1.82) is 0 Å². The highest BCUT2D eigenvalue weighted by atomic mass is 19.1. The lowest BCUT2D eigenvalue weighted by Gasteiger charge is -2.00. The summed E-state index contributed by atoms with van der Waals surface area (Å²) < 4.78 is 15.3. The molecule has 2 aromatic heterocycles. The third-order valence-corrected chi connectivity index (χ3v) is 3.23. The van der Waals surface area contributed by atoms with Crippen molar-refractivity contribution >= 4 is 16.9 Å². The normalized spacial score (nSPS) is 10.9. The first-order valence-electron chi connectivity index (χ1n) is 6.00. The smallest absolute Gasteiger partial charge is 0.335 e. The molecule has 0 unspecified atom stereocenters. The molecule has 100 valence electrons. The Morgan fingerprint density at radius 3 is 2.85 bits per heavy atom.